The average Bonchev–Trinajstić information content (AvgIpc) is 3.37. The Labute approximate surface area is 152 Å². The van der Waals surface area contributed by atoms with Crippen LogP contribution in [-0.4, -0.2) is 37.5 Å². The standard InChI is InChI=1S/C20H23N5O/c1-12-7-8-16-17(10-12)23-19(22-16)18-6-3-9-25(18)20(26)13-4-2-5-15-14(13)11-21-24-15/h7-8,10-11,13,18H,2-6,9H2,1H3,(H,21,24)(H,22,23)/t13-,18+/m0/s1. The number of nitrogens with zero attached hydrogens (tertiary/aromatic N) is 3. The summed E-state index contributed by atoms with van der Waals surface area (Å²) in [6.45, 7) is 2.89. The Bertz CT molecular complexity index is 972. The summed E-state index contributed by atoms with van der Waals surface area (Å²) in [7, 11) is 0. The summed E-state index contributed by atoms with van der Waals surface area (Å²) >= 11 is 0. The van der Waals surface area contributed by atoms with Crippen molar-refractivity contribution in [2.75, 3.05) is 6.54 Å². The highest BCUT2D eigenvalue weighted by Crippen LogP contribution is 2.38. The number of carbonyl (C=O) groups excluding carboxylic acids is 1. The van der Waals surface area contributed by atoms with Crippen molar-refractivity contribution >= 4 is 16.9 Å². The Hall–Kier alpha value is -2.63. The molecule has 0 spiro atoms. The molecule has 6 heteroatoms. The molecular weight excluding hydrogens is 326 g/mol. The summed E-state index contributed by atoms with van der Waals surface area (Å²) in [5.74, 6) is 1.08. The van der Waals surface area contributed by atoms with Crippen LogP contribution in [0.15, 0.2) is 24.4 Å². The van der Waals surface area contributed by atoms with E-state index in [4.69, 9.17) is 4.98 Å². The molecule has 3 heterocycles. The summed E-state index contributed by atoms with van der Waals surface area (Å²) in [6.07, 6.45) is 6.77. The topological polar surface area (TPSA) is 77.7 Å². The van der Waals surface area contributed by atoms with Crippen molar-refractivity contribution in [3.05, 3.63) is 47.0 Å². The highest BCUT2D eigenvalue weighted by atomic mass is 16.2. The van der Waals surface area contributed by atoms with Crippen LogP contribution in [0.2, 0.25) is 0 Å². The first-order chi connectivity index (χ1) is 12.7. The maximum Gasteiger partial charge on any atom is 0.230 e. The summed E-state index contributed by atoms with van der Waals surface area (Å²) in [5, 5.41) is 7.22. The van der Waals surface area contributed by atoms with Crippen molar-refractivity contribution in [3.8, 4) is 0 Å². The molecule has 1 fully saturated rings. The molecule has 2 N–H and O–H groups in total. The van der Waals surface area contributed by atoms with Gasteiger partial charge in [-0.3, -0.25) is 9.89 Å². The fraction of sp³-hybridized carbons (Fsp3) is 0.450. The summed E-state index contributed by atoms with van der Waals surface area (Å²) in [4.78, 5) is 23.6. The zero-order valence-electron chi connectivity index (χ0n) is 15.0. The molecule has 0 unspecified atom stereocenters. The first-order valence-corrected chi connectivity index (χ1v) is 9.49. The van der Waals surface area contributed by atoms with Crippen molar-refractivity contribution in [2.24, 2.45) is 0 Å². The molecule has 1 aromatic carbocycles. The van der Waals surface area contributed by atoms with E-state index >= 15 is 0 Å². The fourth-order valence-corrected chi connectivity index (χ4v) is 4.53. The van der Waals surface area contributed by atoms with Crippen LogP contribution in [0, 0.1) is 6.92 Å². The minimum absolute atomic E-state index is 0.0486. The number of aryl methyl sites for hydroxylation is 2. The van der Waals surface area contributed by atoms with Crippen LogP contribution in [0.4, 0.5) is 0 Å². The number of aromatic amines is 2. The summed E-state index contributed by atoms with van der Waals surface area (Å²) in [6, 6.07) is 6.29. The van der Waals surface area contributed by atoms with Crippen molar-refractivity contribution in [2.45, 2.75) is 51.0 Å². The number of aromatic nitrogens is 4. The van der Waals surface area contributed by atoms with Gasteiger partial charge < -0.3 is 9.88 Å². The Morgan fingerprint density at radius 3 is 3.12 bits per heavy atom. The molecule has 1 aliphatic carbocycles. The van der Waals surface area contributed by atoms with E-state index in [1.165, 1.54) is 5.56 Å². The number of hydrogen-bond acceptors (Lipinski definition) is 3. The van der Waals surface area contributed by atoms with Gasteiger partial charge in [-0.25, -0.2) is 4.98 Å². The van der Waals surface area contributed by atoms with Crippen molar-refractivity contribution in [1.29, 1.82) is 0 Å². The fourth-order valence-electron chi connectivity index (χ4n) is 4.53. The predicted molar refractivity (Wildman–Crippen MR) is 98.8 cm³/mol. The van der Waals surface area contributed by atoms with Crippen LogP contribution < -0.4 is 0 Å². The lowest BCUT2D eigenvalue weighted by atomic mass is 9.86. The number of rotatable bonds is 2. The average molecular weight is 349 g/mol. The molecule has 0 radical (unpaired) electrons. The molecule has 6 nitrogen and oxygen atoms in total. The molecule has 1 aliphatic heterocycles. The second-order valence-corrected chi connectivity index (χ2v) is 7.58. The van der Waals surface area contributed by atoms with Crippen LogP contribution in [-0.2, 0) is 11.2 Å². The number of imidazole rings is 1. The number of fused-ring (bicyclic) bond motifs is 2. The number of carbonyl (C=O) groups is 1. The molecule has 1 saturated heterocycles. The van der Waals surface area contributed by atoms with Crippen molar-refractivity contribution in [3.63, 3.8) is 0 Å². The number of H-pyrrole nitrogens is 2. The number of nitrogens with one attached hydrogen (secondary N) is 2. The molecule has 134 valence electrons. The molecule has 0 bridgehead atoms. The van der Waals surface area contributed by atoms with Gasteiger partial charge >= 0.3 is 0 Å². The van der Waals surface area contributed by atoms with E-state index < -0.39 is 0 Å². The van der Waals surface area contributed by atoms with Gasteiger partial charge in [0.05, 0.1) is 29.2 Å². The van der Waals surface area contributed by atoms with Gasteiger partial charge in [0, 0.05) is 17.8 Å². The molecule has 26 heavy (non-hydrogen) atoms. The molecule has 0 saturated carbocycles. The normalized spacial score (nSPS) is 22.7. The minimum Gasteiger partial charge on any atom is -0.340 e. The molecule has 1 amide bonds. The first kappa shape index (κ1) is 15.6. The molecule has 5 rings (SSSR count). The lowest BCUT2D eigenvalue weighted by Gasteiger charge is -2.29. The smallest absolute Gasteiger partial charge is 0.230 e. The maximum atomic E-state index is 13.4. The zero-order valence-corrected chi connectivity index (χ0v) is 15.0. The monoisotopic (exact) mass is 349 g/mol. The highest BCUT2D eigenvalue weighted by Gasteiger charge is 2.38. The largest absolute Gasteiger partial charge is 0.340 e. The van der Waals surface area contributed by atoms with Gasteiger partial charge in [0.15, 0.2) is 0 Å². The first-order valence-electron chi connectivity index (χ1n) is 9.49. The van der Waals surface area contributed by atoms with Crippen LogP contribution in [0.25, 0.3) is 11.0 Å². The van der Waals surface area contributed by atoms with Crippen molar-refractivity contribution in [1.82, 2.24) is 25.1 Å². The van der Waals surface area contributed by atoms with Gasteiger partial charge in [-0.05, 0) is 56.7 Å². The van der Waals surface area contributed by atoms with E-state index in [0.29, 0.717) is 0 Å². The minimum atomic E-state index is -0.0651. The van der Waals surface area contributed by atoms with E-state index in [1.54, 1.807) is 0 Å². The van der Waals surface area contributed by atoms with E-state index in [2.05, 4.69) is 34.2 Å². The number of benzene rings is 1. The molecule has 2 aliphatic rings. The van der Waals surface area contributed by atoms with Gasteiger partial charge in [-0.2, -0.15) is 5.10 Å². The van der Waals surface area contributed by atoms with E-state index in [-0.39, 0.29) is 17.9 Å². The molecule has 3 aromatic rings. The Kier molecular flexibility index (Phi) is 3.58. The van der Waals surface area contributed by atoms with Crippen LogP contribution in [0.1, 0.15) is 60.3 Å². The number of hydrogen-bond donors (Lipinski definition) is 2. The lowest BCUT2D eigenvalue weighted by Crippen LogP contribution is -2.36. The van der Waals surface area contributed by atoms with Gasteiger partial charge in [0.25, 0.3) is 0 Å². The predicted octanol–water partition coefficient (Wildman–Crippen LogP) is 3.38. The lowest BCUT2D eigenvalue weighted by molar-refractivity contribution is -0.134. The third-order valence-electron chi connectivity index (χ3n) is 5.85. The quantitative estimate of drug-likeness (QED) is 0.744. The van der Waals surface area contributed by atoms with Crippen LogP contribution in [0.3, 0.4) is 0 Å². The second kappa shape index (κ2) is 5.97. The third kappa shape index (κ3) is 2.43. The van der Waals surface area contributed by atoms with Gasteiger partial charge in [-0.15, -0.1) is 0 Å². The summed E-state index contributed by atoms with van der Waals surface area (Å²) < 4.78 is 0. The third-order valence-corrected chi connectivity index (χ3v) is 5.85. The van der Waals surface area contributed by atoms with E-state index in [9.17, 15) is 4.79 Å². The van der Waals surface area contributed by atoms with Crippen LogP contribution in [0.5, 0.6) is 0 Å². The van der Waals surface area contributed by atoms with Gasteiger partial charge in [-0.1, -0.05) is 6.07 Å². The van der Waals surface area contributed by atoms with Gasteiger partial charge in [0.2, 0.25) is 5.91 Å². The zero-order chi connectivity index (χ0) is 17.7. The molecule has 2 atom stereocenters. The van der Waals surface area contributed by atoms with Gasteiger partial charge in [0.1, 0.15) is 5.82 Å². The van der Waals surface area contributed by atoms with Crippen LogP contribution >= 0.6 is 0 Å². The molecular formula is C20H23N5O. The van der Waals surface area contributed by atoms with E-state index in [1.807, 2.05) is 17.2 Å². The van der Waals surface area contributed by atoms with Crippen molar-refractivity contribution < 1.29 is 4.79 Å². The molecule has 2 aromatic heterocycles. The number of likely N-dealkylation sites (tertiary alicyclic amines) is 1. The maximum absolute atomic E-state index is 13.4. The highest BCUT2D eigenvalue weighted by molar-refractivity contribution is 5.85. The Morgan fingerprint density at radius 2 is 2.19 bits per heavy atom. The Balaban J connectivity index is 1.46. The SMILES string of the molecule is Cc1ccc2nc([C@H]3CCCN3C(=O)[C@H]3CCCc4[nH]ncc43)[nH]c2c1. The van der Waals surface area contributed by atoms with E-state index in [0.717, 1.165) is 66.8 Å². The number of amides is 1. The summed E-state index contributed by atoms with van der Waals surface area (Å²) in [5.41, 5.74) is 5.45. The Morgan fingerprint density at radius 1 is 1.27 bits per heavy atom. The second-order valence-electron chi connectivity index (χ2n) is 7.58.